The third-order valence-electron chi connectivity index (χ3n) is 6.64. The van der Waals surface area contributed by atoms with Gasteiger partial charge < -0.3 is 0 Å². The lowest BCUT2D eigenvalue weighted by molar-refractivity contribution is -0.932. The van der Waals surface area contributed by atoms with Crippen molar-refractivity contribution in [2.24, 2.45) is 0 Å². The molecule has 2 atom stereocenters. The fourth-order valence-corrected chi connectivity index (χ4v) is 5.19. The molecule has 0 radical (unpaired) electrons. The summed E-state index contributed by atoms with van der Waals surface area (Å²) in [6.07, 6.45) is 10.9. The molecule has 2 heterocycles. The molecule has 1 heteroatoms. The van der Waals surface area contributed by atoms with Gasteiger partial charge in [-0.15, -0.1) is 0 Å². The first-order chi connectivity index (χ1) is 12.6. The maximum atomic E-state index is 2.51. The normalized spacial score (nSPS) is 23.2. The highest BCUT2D eigenvalue weighted by Crippen LogP contribution is 2.36. The van der Waals surface area contributed by atoms with Crippen molar-refractivity contribution >= 4 is 5.57 Å². The van der Waals surface area contributed by atoms with Crippen LogP contribution in [0.25, 0.3) is 5.57 Å². The second-order valence-corrected chi connectivity index (χ2v) is 8.08. The summed E-state index contributed by atoms with van der Waals surface area (Å²) in [4.78, 5) is 1.63. The molecule has 0 aromatic heterocycles. The van der Waals surface area contributed by atoms with Crippen LogP contribution < -0.4 is 4.90 Å². The molecule has 2 aliphatic heterocycles. The van der Waals surface area contributed by atoms with Crippen LogP contribution in [0.4, 0.5) is 0 Å². The summed E-state index contributed by atoms with van der Waals surface area (Å²) >= 11 is 0. The van der Waals surface area contributed by atoms with Gasteiger partial charge in [-0.1, -0.05) is 61.9 Å². The van der Waals surface area contributed by atoms with Crippen LogP contribution in [0.5, 0.6) is 0 Å². The molecule has 0 saturated carbocycles. The van der Waals surface area contributed by atoms with Crippen molar-refractivity contribution in [1.82, 2.24) is 0 Å². The highest BCUT2D eigenvalue weighted by atomic mass is 15.2. The fraction of sp³-hybridized carbons (Fsp3) is 0.360. The molecule has 2 aromatic rings. The summed E-state index contributed by atoms with van der Waals surface area (Å²) in [5.41, 5.74) is 8.93. The van der Waals surface area contributed by atoms with E-state index in [4.69, 9.17) is 0 Å². The van der Waals surface area contributed by atoms with Crippen LogP contribution in [-0.4, -0.2) is 5.54 Å². The Bertz CT molecular complexity index is 869. The van der Waals surface area contributed by atoms with Crippen molar-refractivity contribution < 1.29 is 4.90 Å². The zero-order valence-electron chi connectivity index (χ0n) is 16.5. The molecule has 0 amide bonds. The van der Waals surface area contributed by atoms with Crippen molar-refractivity contribution in [1.29, 1.82) is 0 Å². The highest BCUT2D eigenvalue weighted by Gasteiger charge is 2.47. The first-order valence-electron chi connectivity index (χ1n) is 10.0. The van der Waals surface area contributed by atoms with E-state index in [0.29, 0.717) is 6.04 Å². The highest BCUT2D eigenvalue weighted by molar-refractivity contribution is 5.74. The number of allylic oxidation sites excluding steroid dienone is 2. The molecular formula is C25H30N+. The third-order valence-corrected chi connectivity index (χ3v) is 6.64. The van der Waals surface area contributed by atoms with E-state index in [-0.39, 0.29) is 5.54 Å². The van der Waals surface area contributed by atoms with Gasteiger partial charge in [-0.3, -0.25) is 4.90 Å². The monoisotopic (exact) mass is 344 g/mol. The van der Waals surface area contributed by atoms with Crippen LogP contribution >= 0.6 is 0 Å². The minimum Gasteiger partial charge on any atom is -0.294 e. The average Bonchev–Trinajstić information content (AvgIpc) is 2.67. The lowest BCUT2D eigenvalue weighted by atomic mass is 9.73. The Hall–Kier alpha value is -2.12. The van der Waals surface area contributed by atoms with Crippen LogP contribution in [0.15, 0.2) is 60.8 Å². The van der Waals surface area contributed by atoms with Crippen molar-refractivity contribution in [2.75, 3.05) is 0 Å². The molecular weight excluding hydrogens is 314 g/mol. The largest absolute Gasteiger partial charge is 0.294 e. The van der Waals surface area contributed by atoms with Gasteiger partial charge in [-0.2, -0.15) is 0 Å². The minimum absolute atomic E-state index is 0.280. The molecule has 4 rings (SSSR count). The molecule has 0 spiro atoms. The Morgan fingerprint density at radius 2 is 1.77 bits per heavy atom. The number of quaternary nitrogens is 1. The Morgan fingerprint density at radius 1 is 1.04 bits per heavy atom. The number of fused-ring (bicyclic) bond motifs is 3. The van der Waals surface area contributed by atoms with Crippen molar-refractivity contribution in [2.45, 2.75) is 58.5 Å². The van der Waals surface area contributed by atoms with E-state index in [9.17, 15) is 0 Å². The second kappa shape index (κ2) is 6.55. The quantitative estimate of drug-likeness (QED) is 0.803. The van der Waals surface area contributed by atoms with Crippen molar-refractivity contribution in [3.8, 4) is 0 Å². The number of hydrogen-bond donors (Lipinski definition) is 1. The van der Waals surface area contributed by atoms with Gasteiger partial charge in [0.15, 0.2) is 0 Å². The zero-order valence-corrected chi connectivity index (χ0v) is 16.5. The van der Waals surface area contributed by atoms with Crippen LogP contribution in [0.2, 0.25) is 0 Å². The van der Waals surface area contributed by atoms with Crippen LogP contribution in [0.3, 0.4) is 0 Å². The maximum Gasteiger partial charge on any atom is 0.137 e. The molecule has 134 valence electrons. The van der Waals surface area contributed by atoms with Gasteiger partial charge in [0.1, 0.15) is 17.8 Å². The van der Waals surface area contributed by atoms with E-state index in [1.807, 2.05) is 0 Å². The number of benzene rings is 2. The lowest BCUT2D eigenvalue weighted by Gasteiger charge is -2.47. The van der Waals surface area contributed by atoms with Gasteiger partial charge in [-0.05, 0) is 42.7 Å². The van der Waals surface area contributed by atoms with Gasteiger partial charge in [0.05, 0.1) is 0 Å². The minimum atomic E-state index is 0.280. The summed E-state index contributed by atoms with van der Waals surface area (Å²) in [6, 6.07) is 16.0. The second-order valence-electron chi connectivity index (χ2n) is 8.08. The van der Waals surface area contributed by atoms with E-state index < -0.39 is 0 Å². The molecule has 2 aliphatic rings. The van der Waals surface area contributed by atoms with E-state index in [2.05, 4.69) is 88.5 Å². The molecule has 1 N–H and O–H groups in total. The van der Waals surface area contributed by atoms with Gasteiger partial charge in [0, 0.05) is 30.4 Å². The first-order valence-corrected chi connectivity index (χ1v) is 10.0. The Morgan fingerprint density at radius 3 is 2.46 bits per heavy atom. The Kier molecular flexibility index (Phi) is 4.36. The van der Waals surface area contributed by atoms with Crippen LogP contribution in [0.1, 0.15) is 60.5 Å². The number of aryl methyl sites for hydroxylation is 2. The summed E-state index contributed by atoms with van der Waals surface area (Å²) in [6.45, 7) is 9.26. The third kappa shape index (κ3) is 2.66. The van der Waals surface area contributed by atoms with Gasteiger partial charge in [0.2, 0.25) is 0 Å². The SMILES string of the molecule is CCC1(CC)Cc2cc(C)cc(C)c2C2C=CC(c3ccccc3)=C[NH+]21. The smallest absolute Gasteiger partial charge is 0.137 e. The summed E-state index contributed by atoms with van der Waals surface area (Å²) in [5, 5.41) is 0. The van der Waals surface area contributed by atoms with Gasteiger partial charge in [-0.25, -0.2) is 0 Å². The molecule has 2 aromatic carbocycles. The van der Waals surface area contributed by atoms with Gasteiger partial charge >= 0.3 is 0 Å². The predicted molar refractivity (Wildman–Crippen MR) is 110 cm³/mol. The Labute approximate surface area is 158 Å². The molecule has 1 nitrogen and oxygen atoms in total. The number of nitrogens with one attached hydrogen (secondary N) is 1. The molecule has 0 aliphatic carbocycles. The predicted octanol–water partition coefficient (Wildman–Crippen LogP) is 4.96. The van der Waals surface area contributed by atoms with Crippen LogP contribution in [0, 0.1) is 13.8 Å². The van der Waals surface area contributed by atoms with Crippen molar-refractivity contribution in [3.63, 3.8) is 0 Å². The lowest BCUT2D eigenvalue weighted by Crippen LogP contribution is -3.18. The molecule has 26 heavy (non-hydrogen) atoms. The van der Waals surface area contributed by atoms with Crippen LogP contribution in [-0.2, 0) is 6.42 Å². The summed E-state index contributed by atoms with van der Waals surface area (Å²) in [7, 11) is 0. The first kappa shape index (κ1) is 17.3. The Balaban J connectivity index is 1.87. The van der Waals surface area contributed by atoms with E-state index >= 15 is 0 Å². The summed E-state index contributed by atoms with van der Waals surface area (Å²) in [5.74, 6) is 0. The van der Waals surface area contributed by atoms with Gasteiger partial charge in [0.25, 0.3) is 0 Å². The maximum absolute atomic E-state index is 2.51. The van der Waals surface area contributed by atoms with Crippen molar-refractivity contribution in [3.05, 3.63) is 88.6 Å². The molecule has 0 saturated heterocycles. The summed E-state index contributed by atoms with van der Waals surface area (Å²) < 4.78 is 0. The van der Waals surface area contributed by atoms with E-state index in [1.165, 1.54) is 41.5 Å². The topological polar surface area (TPSA) is 4.44 Å². The molecule has 0 bridgehead atoms. The zero-order chi connectivity index (χ0) is 18.3. The molecule has 2 unspecified atom stereocenters. The number of hydrogen-bond acceptors (Lipinski definition) is 0. The van der Waals surface area contributed by atoms with E-state index in [0.717, 1.165) is 0 Å². The number of rotatable bonds is 3. The van der Waals surface area contributed by atoms with E-state index in [1.54, 1.807) is 16.0 Å². The fourth-order valence-electron chi connectivity index (χ4n) is 5.19. The average molecular weight is 345 g/mol. The molecule has 0 fully saturated rings. The standard InChI is InChI=1S/C25H29N/c1-5-25(6-2)16-22-15-18(3)14-19(4)24(22)23-13-12-21(17-26(23)25)20-10-8-7-9-11-20/h7-15,17,23H,5-6,16H2,1-4H3/p+1.